The molecule has 0 saturated carbocycles. The smallest absolute Gasteiger partial charge is 0.225 e. The third kappa shape index (κ3) is 4.42. The van der Waals surface area contributed by atoms with E-state index in [1.54, 1.807) is 11.8 Å². The van der Waals surface area contributed by atoms with Crippen LogP contribution >= 0.6 is 23.4 Å². The first-order valence-corrected chi connectivity index (χ1v) is 7.88. The maximum absolute atomic E-state index is 11.9. The molecule has 0 spiro atoms. The molecule has 0 unspecified atom stereocenters. The van der Waals surface area contributed by atoms with Crippen LogP contribution in [0, 0.1) is 0 Å². The highest BCUT2D eigenvalue weighted by Crippen LogP contribution is 2.20. The highest BCUT2D eigenvalue weighted by atomic mass is 35.5. The zero-order valence-corrected chi connectivity index (χ0v) is 12.2. The van der Waals surface area contributed by atoms with E-state index in [-0.39, 0.29) is 14.9 Å². The molecule has 0 fully saturated rings. The molecule has 1 aromatic heterocycles. The summed E-state index contributed by atoms with van der Waals surface area (Å²) >= 11 is 7.08. The van der Waals surface area contributed by atoms with Gasteiger partial charge in [0, 0.05) is 11.3 Å². The number of aromatic nitrogens is 2. The van der Waals surface area contributed by atoms with Crippen LogP contribution in [0.2, 0.25) is 5.28 Å². The number of nitrogens with one attached hydrogen (secondary N) is 1. The Kier molecular flexibility index (Phi) is 4.77. The van der Waals surface area contributed by atoms with E-state index in [0.717, 1.165) is 0 Å². The van der Waals surface area contributed by atoms with E-state index in [4.69, 9.17) is 11.6 Å². The fourth-order valence-electron chi connectivity index (χ4n) is 0.864. The van der Waals surface area contributed by atoms with E-state index in [9.17, 15) is 8.42 Å². The van der Waals surface area contributed by atoms with Gasteiger partial charge in [-0.3, -0.25) is 0 Å². The second-order valence-electron chi connectivity index (χ2n) is 3.98. The molecule has 0 aromatic carbocycles. The summed E-state index contributed by atoms with van der Waals surface area (Å²) in [5.41, 5.74) is 0. The number of hydrogen-bond donors (Lipinski definition) is 1. The van der Waals surface area contributed by atoms with Gasteiger partial charge in [-0.25, -0.2) is 23.1 Å². The standard InChI is InChI=1S/C9H14ClN3O2S2/c1-9(2,16-3)6-13-17(14,15)7-4-11-8(10)12-5-7/h4-5,13H,6H2,1-3H3. The Morgan fingerprint density at radius 3 is 2.41 bits per heavy atom. The van der Waals surface area contributed by atoms with E-state index in [1.165, 1.54) is 12.4 Å². The minimum atomic E-state index is -3.57. The summed E-state index contributed by atoms with van der Waals surface area (Å²) in [4.78, 5) is 7.29. The normalized spacial score (nSPS) is 12.7. The summed E-state index contributed by atoms with van der Waals surface area (Å²) in [6, 6.07) is 0. The molecule has 1 N–H and O–H groups in total. The third-order valence-electron chi connectivity index (χ3n) is 2.15. The first-order chi connectivity index (χ1) is 7.77. The van der Waals surface area contributed by atoms with Crippen molar-refractivity contribution < 1.29 is 8.42 Å². The largest absolute Gasteiger partial charge is 0.243 e. The Morgan fingerprint density at radius 1 is 1.41 bits per heavy atom. The van der Waals surface area contributed by atoms with Gasteiger partial charge in [-0.2, -0.15) is 11.8 Å². The van der Waals surface area contributed by atoms with E-state index in [0.29, 0.717) is 6.54 Å². The summed E-state index contributed by atoms with van der Waals surface area (Å²) in [5, 5.41) is 0.0217. The average Bonchev–Trinajstić information content (AvgIpc) is 2.27. The van der Waals surface area contributed by atoms with Gasteiger partial charge in [0.25, 0.3) is 0 Å². The third-order valence-corrected chi connectivity index (χ3v) is 4.95. The van der Waals surface area contributed by atoms with Crippen LogP contribution in [0.5, 0.6) is 0 Å². The summed E-state index contributed by atoms with van der Waals surface area (Å²) in [6.45, 7) is 4.25. The molecule has 0 saturated heterocycles. The van der Waals surface area contributed by atoms with Gasteiger partial charge in [0.2, 0.25) is 15.3 Å². The Morgan fingerprint density at radius 2 is 1.94 bits per heavy atom. The molecule has 1 heterocycles. The molecule has 1 aromatic rings. The molecule has 0 aliphatic rings. The quantitative estimate of drug-likeness (QED) is 0.835. The number of rotatable bonds is 5. The molecule has 0 bridgehead atoms. The Balaban J connectivity index is 2.79. The van der Waals surface area contributed by atoms with Gasteiger partial charge in [-0.1, -0.05) is 0 Å². The van der Waals surface area contributed by atoms with Crippen LogP contribution in [-0.2, 0) is 10.0 Å². The van der Waals surface area contributed by atoms with E-state index < -0.39 is 10.0 Å². The van der Waals surface area contributed by atoms with Gasteiger partial charge in [0.1, 0.15) is 4.90 Å². The van der Waals surface area contributed by atoms with Crippen molar-refractivity contribution in [3.63, 3.8) is 0 Å². The van der Waals surface area contributed by atoms with Gasteiger partial charge in [0.15, 0.2) is 0 Å². The molecular formula is C9H14ClN3O2S2. The first-order valence-electron chi connectivity index (χ1n) is 4.79. The van der Waals surface area contributed by atoms with Crippen molar-refractivity contribution in [3.8, 4) is 0 Å². The Bertz CT molecular complexity index is 474. The van der Waals surface area contributed by atoms with Crippen LogP contribution in [0.15, 0.2) is 17.3 Å². The lowest BCUT2D eigenvalue weighted by molar-refractivity contribution is 0.570. The van der Waals surface area contributed by atoms with Crippen molar-refractivity contribution in [2.24, 2.45) is 0 Å². The second-order valence-corrected chi connectivity index (χ2v) is 7.59. The van der Waals surface area contributed by atoms with Crippen LogP contribution in [0.25, 0.3) is 0 Å². The van der Waals surface area contributed by atoms with Gasteiger partial charge < -0.3 is 0 Å². The number of hydrogen-bond acceptors (Lipinski definition) is 5. The molecular weight excluding hydrogens is 282 g/mol. The van der Waals surface area contributed by atoms with Gasteiger partial charge in [-0.15, -0.1) is 0 Å². The van der Waals surface area contributed by atoms with Crippen LogP contribution in [0.3, 0.4) is 0 Å². The maximum Gasteiger partial charge on any atom is 0.243 e. The van der Waals surface area contributed by atoms with E-state index >= 15 is 0 Å². The van der Waals surface area contributed by atoms with Crippen molar-refractivity contribution in [1.29, 1.82) is 0 Å². The minimum Gasteiger partial charge on any atom is -0.225 e. The topological polar surface area (TPSA) is 72.0 Å². The molecule has 17 heavy (non-hydrogen) atoms. The van der Waals surface area contributed by atoms with Gasteiger partial charge in [-0.05, 0) is 31.7 Å². The van der Waals surface area contributed by atoms with Crippen LogP contribution in [-0.4, -0.2) is 35.9 Å². The van der Waals surface area contributed by atoms with Crippen LogP contribution in [0.4, 0.5) is 0 Å². The number of thioether (sulfide) groups is 1. The Hall–Kier alpha value is -0.370. The molecule has 8 heteroatoms. The fourth-order valence-corrected chi connectivity index (χ4v) is 2.37. The predicted molar refractivity (Wildman–Crippen MR) is 69.8 cm³/mol. The maximum atomic E-state index is 11.9. The monoisotopic (exact) mass is 295 g/mol. The predicted octanol–water partition coefficient (Wildman–Crippen LogP) is 1.55. The van der Waals surface area contributed by atoms with Gasteiger partial charge >= 0.3 is 0 Å². The molecule has 0 atom stereocenters. The lowest BCUT2D eigenvalue weighted by Crippen LogP contribution is -2.36. The number of halogens is 1. The highest BCUT2D eigenvalue weighted by molar-refractivity contribution is 8.00. The van der Waals surface area contributed by atoms with Crippen molar-refractivity contribution in [2.75, 3.05) is 12.8 Å². The zero-order chi connectivity index (χ0) is 13.1. The van der Waals surface area contributed by atoms with Gasteiger partial charge in [0.05, 0.1) is 12.4 Å². The summed E-state index contributed by atoms with van der Waals surface area (Å²) in [7, 11) is -3.57. The summed E-state index contributed by atoms with van der Waals surface area (Å²) in [6.07, 6.45) is 4.30. The molecule has 1 rings (SSSR count). The average molecular weight is 296 g/mol. The lowest BCUT2D eigenvalue weighted by Gasteiger charge is -2.21. The van der Waals surface area contributed by atoms with Crippen molar-refractivity contribution in [1.82, 2.24) is 14.7 Å². The first kappa shape index (κ1) is 14.7. The molecule has 5 nitrogen and oxygen atoms in total. The Labute approximate surface area is 110 Å². The number of nitrogens with zero attached hydrogens (tertiary/aromatic N) is 2. The molecule has 96 valence electrons. The highest BCUT2D eigenvalue weighted by Gasteiger charge is 2.21. The summed E-state index contributed by atoms with van der Waals surface area (Å²) in [5.74, 6) is 0. The SMILES string of the molecule is CSC(C)(C)CNS(=O)(=O)c1cnc(Cl)nc1. The molecule has 0 amide bonds. The zero-order valence-electron chi connectivity index (χ0n) is 9.77. The number of sulfonamides is 1. The molecule has 0 aliphatic heterocycles. The minimum absolute atomic E-state index is 0.0128. The van der Waals surface area contributed by atoms with Crippen molar-refractivity contribution in [3.05, 3.63) is 17.7 Å². The fraction of sp³-hybridized carbons (Fsp3) is 0.556. The second kappa shape index (κ2) is 5.51. The van der Waals surface area contributed by atoms with Crippen molar-refractivity contribution in [2.45, 2.75) is 23.5 Å². The van der Waals surface area contributed by atoms with Crippen molar-refractivity contribution >= 4 is 33.4 Å². The summed E-state index contributed by atoms with van der Waals surface area (Å²) < 4.78 is 26.1. The van der Waals surface area contributed by atoms with Crippen LogP contribution < -0.4 is 4.72 Å². The molecule has 0 aliphatic carbocycles. The van der Waals surface area contributed by atoms with E-state index in [1.807, 2.05) is 20.1 Å². The lowest BCUT2D eigenvalue weighted by atomic mass is 10.2. The van der Waals surface area contributed by atoms with Crippen LogP contribution in [0.1, 0.15) is 13.8 Å². The van der Waals surface area contributed by atoms with E-state index in [2.05, 4.69) is 14.7 Å². The molecule has 0 radical (unpaired) electrons.